The molecule has 0 fully saturated rings. The van der Waals surface area contributed by atoms with E-state index in [1.165, 1.54) is 0 Å². The second kappa shape index (κ2) is 8.68. The predicted octanol–water partition coefficient (Wildman–Crippen LogP) is 4.37. The average Bonchev–Trinajstić information content (AvgIpc) is 2.68. The van der Waals surface area contributed by atoms with E-state index in [0.717, 1.165) is 15.2 Å². The molecule has 0 aromatic heterocycles. The highest BCUT2D eigenvalue weighted by atomic mass is 79.9. The maximum Gasteiger partial charge on any atom is 0.262 e. The fourth-order valence-electron chi connectivity index (χ4n) is 2.67. The number of anilines is 1. The molecule has 0 saturated heterocycles. The minimum absolute atomic E-state index is 0.137. The highest BCUT2D eigenvalue weighted by Crippen LogP contribution is 2.33. The van der Waals surface area contributed by atoms with Gasteiger partial charge in [-0.1, -0.05) is 36.4 Å². The molecule has 0 unspecified atom stereocenters. The van der Waals surface area contributed by atoms with Crippen LogP contribution in [0.25, 0.3) is 10.8 Å². The molecule has 0 saturated carbocycles. The van der Waals surface area contributed by atoms with Crippen molar-refractivity contribution in [1.82, 2.24) is 5.32 Å². The number of fused-ring (bicyclic) bond motifs is 1. The number of carbonyl (C=O) groups excluding carboxylic acids is 2. The molecule has 2 N–H and O–H groups in total. The van der Waals surface area contributed by atoms with Gasteiger partial charge in [-0.2, -0.15) is 0 Å². The van der Waals surface area contributed by atoms with E-state index in [0.29, 0.717) is 23.5 Å². The van der Waals surface area contributed by atoms with Gasteiger partial charge in [0.25, 0.3) is 11.8 Å². The van der Waals surface area contributed by atoms with E-state index in [4.69, 9.17) is 4.74 Å². The number of rotatable bonds is 6. The second-order valence-corrected chi connectivity index (χ2v) is 6.67. The molecular weight excluding hydrogens is 408 g/mol. The molecule has 3 rings (SSSR count). The van der Waals surface area contributed by atoms with Gasteiger partial charge < -0.3 is 15.4 Å². The van der Waals surface area contributed by atoms with E-state index in [1.54, 1.807) is 24.3 Å². The highest BCUT2D eigenvalue weighted by Gasteiger charge is 2.10. The number of amides is 2. The van der Waals surface area contributed by atoms with Crippen molar-refractivity contribution < 1.29 is 14.3 Å². The minimum Gasteiger partial charge on any atom is -0.483 e. The molecule has 6 heteroatoms. The van der Waals surface area contributed by atoms with Crippen LogP contribution in [0.2, 0.25) is 0 Å². The average molecular weight is 427 g/mol. The zero-order chi connectivity index (χ0) is 19.2. The second-order valence-electron chi connectivity index (χ2n) is 5.88. The van der Waals surface area contributed by atoms with Gasteiger partial charge in [0, 0.05) is 17.8 Å². The lowest BCUT2D eigenvalue weighted by molar-refractivity contribution is -0.118. The van der Waals surface area contributed by atoms with Crippen molar-refractivity contribution in [2.24, 2.45) is 0 Å². The standard InChI is InChI=1S/C21H19BrN2O3/c1-2-23-21(26)15-7-5-8-16(12-15)24-19(25)13-27-18-11-10-14-6-3-4-9-17(14)20(18)22/h3-12H,2,13H2,1H3,(H,23,26)(H,24,25). The van der Waals surface area contributed by atoms with Crippen LogP contribution in [0, 0.1) is 0 Å². The summed E-state index contributed by atoms with van der Waals surface area (Å²) in [4.78, 5) is 24.1. The fraction of sp³-hybridized carbons (Fsp3) is 0.143. The number of ether oxygens (including phenoxy) is 1. The summed E-state index contributed by atoms with van der Waals surface area (Å²) in [5.74, 6) is 0.118. The van der Waals surface area contributed by atoms with Crippen LogP contribution >= 0.6 is 15.9 Å². The molecule has 3 aromatic carbocycles. The Morgan fingerprint density at radius 3 is 2.67 bits per heavy atom. The number of halogens is 1. The summed E-state index contributed by atoms with van der Waals surface area (Å²) in [5, 5.41) is 7.58. The van der Waals surface area contributed by atoms with Gasteiger partial charge in [0.1, 0.15) is 5.75 Å². The number of hydrogen-bond donors (Lipinski definition) is 2. The van der Waals surface area contributed by atoms with Crippen LogP contribution in [0.5, 0.6) is 5.75 Å². The third-order valence-electron chi connectivity index (χ3n) is 3.93. The third kappa shape index (κ3) is 4.65. The fourth-order valence-corrected chi connectivity index (χ4v) is 3.27. The largest absolute Gasteiger partial charge is 0.483 e. The zero-order valence-electron chi connectivity index (χ0n) is 14.8. The molecule has 3 aromatic rings. The normalized spacial score (nSPS) is 10.4. The van der Waals surface area contributed by atoms with E-state index in [2.05, 4.69) is 26.6 Å². The molecule has 138 valence electrons. The number of nitrogens with one attached hydrogen (secondary N) is 2. The van der Waals surface area contributed by atoms with Crippen LogP contribution in [0.1, 0.15) is 17.3 Å². The van der Waals surface area contributed by atoms with Gasteiger partial charge in [-0.15, -0.1) is 0 Å². The Kier molecular flexibility index (Phi) is 6.08. The summed E-state index contributed by atoms with van der Waals surface area (Å²) in [7, 11) is 0. The quantitative estimate of drug-likeness (QED) is 0.614. The molecular formula is C21H19BrN2O3. The molecule has 0 bridgehead atoms. The van der Waals surface area contributed by atoms with Crippen molar-refractivity contribution in [2.75, 3.05) is 18.5 Å². The first kappa shape index (κ1) is 18.9. The topological polar surface area (TPSA) is 67.4 Å². The van der Waals surface area contributed by atoms with E-state index >= 15 is 0 Å². The number of benzene rings is 3. The highest BCUT2D eigenvalue weighted by molar-refractivity contribution is 9.10. The molecule has 2 amide bonds. The molecule has 0 atom stereocenters. The Bertz CT molecular complexity index is 988. The van der Waals surface area contributed by atoms with E-state index in [-0.39, 0.29) is 18.4 Å². The lowest BCUT2D eigenvalue weighted by Crippen LogP contribution is -2.23. The van der Waals surface area contributed by atoms with Crippen LogP contribution in [-0.2, 0) is 4.79 Å². The SMILES string of the molecule is CCNC(=O)c1cccc(NC(=O)COc2ccc3ccccc3c2Br)c1. The van der Waals surface area contributed by atoms with Crippen molar-refractivity contribution in [3.63, 3.8) is 0 Å². The molecule has 0 heterocycles. The van der Waals surface area contributed by atoms with Gasteiger partial charge in [0.2, 0.25) is 0 Å². The molecule has 0 aliphatic heterocycles. The van der Waals surface area contributed by atoms with Crippen molar-refractivity contribution in [3.05, 3.63) is 70.7 Å². The summed E-state index contributed by atoms with van der Waals surface area (Å²) in [6.45, 7) is 2.26. The molecule has 5 nitrogen and oxygen atoms in total. The van der Waals surface area contributed by atoms with Gasteiger partial charge in [-0.05, 0) is 57.9 Å². The first-order valence-electron chi connectivity index (χ1n) is 8.56. The van der Waals surface area contributed by atoms with Crippen molar-refractivity contribution >= 4 is 44.2 Å². The van der Waals surface area contributed by atoms with Crippen LogP contribution in [0.4, 0.5) is 5.69 Å². The van der Waals surface area contributed by atoms with Crippen LogP contribution in [0.3, 0.4) is 0 Å². The van der Waals surface area contributed by atoms with Crippen LogP contribution < -0.4 is 15.4 Å². The number of carbonyl (C=O) groups is 2. The lowest BCUT2D eigenvalue weighted by atomic mass is 10.1. The summed E-state index contributed by atoms with van der Waals surface area (Å²) in [5.41, 5.74) is 1.04. The van der Waals surface area contributed by atoms with Gasteiger partial charge in [0.15, 0.2) is 6.61 Å². The molecule has 0 radical (unpaired) electrons. The Balaban J connectivity index is 1.64. The van der Waals surface area contributed by atoms with Gasteiger partial charge in [-0.3, -0.25) is 9.59 Å². The first-order chi connectivity index (χ1) is 13.1. The van der Waals surface area contributed by atoms with Gasteiger partial charge in [0.05, 0.1) is 4.47 Å². The zero-order valence-corrected chi connectivity index (χ0v) is 16.4. The lowest BCUT2D eigenvalue weighted by Gasteiger charge is -2.11. The summed E-state index contributed by atoms with van der Waals surface area (Å²) in [6.07, 6.45) is 0. The summed E-state index contributed by atoms with van der Waals surface area (Å²) in [6, 6.07) is 18.5. The van der Waals surface area contributed by atoms with Crippen molar-refractivity contribution in [3.8, 4) is 5.75 Å². The van der Waals surface area contributed by atoms with E-state index < -0.39 is 0 Å². The Morgan fingerprint density at radius 2 is 1.85 bits per heavy atom. The summed E-state index contributed by atoms with van der Waals surface area (Å²) >= 11 is 3.54. The molecule has 0 aliphatic rings. The van der Waals surface area contributed by atoms with Crippen molar-refractivity contribution in [1.29, 1.82) is 0 Å². The Labute approximate surface area is 165 Å². The molecule has 0 spiro atoms. The van der Waals surface area contributed by atoms with E-state index in [1.807, 2.05) is 43.3 Å². The molecule has 27 heavy (non-hydrogen) atoms. The van der Waals surface area contributed by atoms with Gasteiger partial charge >= 0.3 is 0 Å². The minimum atomic E-state index is -0.303. The van der Waals surface area contributed by atoms with Crippen LogP contribution in [-0.4, -0.2) is 25.0 Å². The van der Waals surface area contributed by atoms with Gasteiger partial charge in [-0.25, -0.2) is 0 Å². The maximum atomic E-state index is 12.2. The Morgan fingerprint density at radius 1 is 1.04 bits per heavy atom. The third-order valence-corrected chi connectivity index (χ3v) is 4.75. The van der Waals surface area contributed by atoms with Crippen LogP contribution in [0.15, 0.2) is 65.1 Å². The molecule has 0 aliphatic carbocycles. The van der Waals surface area contributed by atoms with Crippen molar-refractivity contribution in [2.45, 2.75) is 6.92 Å². The summed E-state index contributed by atoms with van der Waals surface area (Å²) < 4.78 is 6.47. The first-order valence-corrected chi connectivity index (χ1v) is 9.36. The Hall–Kier alpha value is -2.86. The van der Waals surface area contributed by atoms with E-state index in [9.17, 15) is 9.59 Å². The smallest absolute Gasteiger partial charge is 0.262 e. The number of hydrogen-bond acceptors (Lipinski definition) is 3. The monoisotopic (exact) mass is 426 g/mol. The predicted molar refractivity (Wildman–Crippen MR) is 110 cm³/mol. The maximum absolute atomic E-state index is 12.2.